The molecule has 1 aliphatic heterocycles. The van der Waals surface area contributed by atoms with Crippen LogP contribution >= 0.6 is 12.2 Å². The normalized spacial score (nSPS) is 19.4. The summed E-state index contributed by atoms with van der Waals surface area (Å²) < 4.78 is 5.18. The summed E-state index contributed by atoms with van der Waals surface area (Å²) >= 11 is 5.41. The van der Waals surface area contributed by atoms with E-state index >= 15 is 0 Å². The molecule has 1 unspecified atom stereocenters. The smallest absolute Gasteiger partial charge is 0.173 e. The minimum atomic E-state index is 0.607. The van der Waals surface area contributed by atoms with E-state index in [-0.39, 0.29) is 0 Å². The van der Waals surface area contributed by atoms with Gasteiger partial charge in [-0.15, -0.1) is 0 Å². The summed E-state index contributed by atoms with van der Waals surface area (Å²) in [4.78, 5) is 2.21. The van der Waals surface area contributed by atoms with Crippen LogP contribution in [0, 0.1) is 5.92 Å². The lowest BCUT2D eigenvalue weighted by molar-refractivity contribution is 0.157. The Morgan fingerprint density at radius 2 is 2.24 bits per heavy atom. The average molecular weight is 250 g/mol. The number of rotatable bonds is 3. The summed E-state index contributed by atoms with van der Waals surface area (Å²) in [6, 6.07) is 10.0. The Hall–Kier alpha value is -1.13. The number of nitrogens with one attached hydrogen (secondary N) is 1. The molecule has 1 aliphatic rings. The molecule has 1 heterocycles. The Kier molecular flexibility index (Phi) is 4.34. The summed E-state index contributed by atoms with van der Waals surface area (Å²) in [7, 11) is 1.75. The molecule has 1 aromatic rings. The number of thiocarbonyl (C=S) groups is 1. The van der Waals surface area contributed by atoms with Crippen LogP contribution in [-0.4, -0.2) is 36.8 Å². The molecule has 0 aromatic heterocycles. The maximum atomic E-state index is 5.41. The predicted octanol–water partition coefficient (Wildman–Crippen LogP) is 2.35. The van der Waals surface area contributed by atoms with E-state index in [0.29, 0.717) is 5.92 Å². The molecule has 1 saturated heterocycles. The van der Waals surface area contributed by atoms with Gasteiger partial charge in [-0.25, -0.2) is 0 Å². The Morgan fingerprint density at radius 3 is 2.94 bits per heavy atom. The molecule has 92 valence electrons. The highest BCUT2D eigenvalue weighted by Crippen LogP contribution is 2.17. The van der Waals surface area contributed by atoms with Gasteiger partial charge < -0.3 is 15.0 Å². The zero-order valence-electron chi connectivity index (χ0n) is 10.1. The fourth-order valence-corrected chi connectivity index (χ4v) is 2.40. The van der Waals surface area contributed by atoms with E-state index in [9.17, 15) is 0 Å². The summed E-state index contributed by atoms with van der Waals surface area (Å²) in [5, 5.41) is 4.08. The first-order valence-electron chi connectivity index (χ1n) is 5.89. The van der Waals surface area contributed by atoms with E-state index < -0.39 is 0 Å². The van der Waals surface area contributed by atoms with Crippen LogP contribution in [0.25, 0.3) is 0 Å². The van der Waals surface area contributed by atoms with E-state index in [0.717, 1.165) is 36.9 Å². The number of methoxy groups -OCH3 is 1. The van der Waals surface area contributed by atoms with Crippen molar-refractivity contribution in [1.29, 1.82) is 0 Å². The molecular formula is C13H18N2OS. The first kappa shape index (κ1) is 12.3. The third-order valence-electron chi connectivity index (χ3n) is 3.00. The third kappa shape index (κ3) is 3.41. The molecular weight excluding hydrogens is 232 g/mol. The molecule has 0 spiro atoms. The second-order valence-electron chi connectivity index (χ2n) is 4.35. The van der Waals surface area contributed by atoms with Crippen molar-refractivity contribution in [2.75, 3.05) is 32.1 Å². The number of nitrogens with zero attached hydrogens (tertiary/aromatic N) is 1. The van der Waals surface area contributed by atoms with E-state index in [1.54, 1.807) is 7.11 Å². The predicted molar refractivity (Wildman–Crippen MR) is 74.2 cm³/mol. The summed E-state index contributed by atoms with van der Waals surface area (Å²) in [5.41, 5.74) is 1.05. The highest BCUT2D eigenvalue weighted by molar-refractivity contribution is 7.80. The molecule has 0 saturated carbocycles. The van der Waals surface area contributed by atoms with Crippen molar-refractivity contribution < 1.29 is 4.74 Å². The van der Waals surface area contributed by atoms with Crippen molar-refractivity contribution in [1.82, 2.24) is 4.90 Å². The molecule has 17 heavy (non-hydrogen) atoms. The van der Waals surface area contributed by atoms with Gasteiger partial charge in [-0.3, -0.25) is 0 Å². The molecule has 2 rings (SSSR count). The van der Waals surface area contributed by atoms with Crippen molar-refractivity contribution in [2.45, 2.75) is 6.42 Å². The Labute approximate surface area is 108 Å². The van der Waals surface area contributed by atoms with Crippen LogP contribution < -0.4 is 5.32 Å². The van der Waals surface area contributed by atoms with Gasteiger partial charge in [-0.1, -0.05) is 18.2 Å². The fourth-order valence-electron chi connectivity index (χ4n) is 2.11. The Morgan fingerprint density at radius 1 is 1.47 bits per heavy atom. The maximum Gasteiger partial charge on any atom is 0.173 e. The van der Waals surface area contributed by atoms with Gasteiger partial charge in [-0.05, 0) is 30.8 Å². The molecule has 0 aliphatic carbocycles. The van der Waals surface area contributed by atoms with E-state index in [4.69, 9.17) is 17.0 Å². The largest absolute Gasteiger partial charge is 0.384 e. The minimum Gasteiger partial charge on any atom is -0.384 e. The van der Waals surface area contributed by atoms with Crippen LogP contribution in [0.5, 0.6) is 0 Å². The molecule has 1 fully saturated rings. The lowest BCUT2D eigenvalue weighted by atomic mass is 10.1. The minimum absolute atomic E-state index is 0.607. The second-order valence-corrected chi connectivity index (χ2v) is 4.74. The first-order valence-corrected chi connectivity index (χ1v) is 6.30. The van der Waals surface area contributed by atoms with Crippen molar-refractivity contribution >= 4 is 23.0 Å². The second kappa shape index (κ2) is 5.98. The van der Waals surface area contributed by atoms with Crippen LogP contribution in [0.2, 0.25) is 0 Å². The van der Waals surface area contributed by atoms with Gasteiger partial charge in [0.1, 0.15) is 0 Å². The van der Waals surface area contributed by atoms with E-state index in [2.05, 4.69) is 10.2 Å². The number of para-hydroxylation sites is 1. The molecule has 0 amide bonds. The maximum absolute atomic E-state index is 5.41. The topological polar surface area (TPSA) is 24.5 Å². The molecule has 3 nitrogen and oxygen atoms in total. The zero-order chi connectivity index (χ0) is 12.1. The quantitative estimate of drug-likeness (QED) is 0.832. The van der Waals surface area contributed by atoms with Crippen molar-refractivity contribution in [2.24, 2.45) is 5.92 Å². The molecule has 1 aromatic carbocycles. The van der Waals surface area contributed by atoms with Crippen molar-refractivity contribution in [3.05, 3.63) is 30.3 Å². The summed E-state index contributed by atoms with van der Waals surface area (Å²) in [6.07, 6.45) is 1.16. The average Bonchev–Trinajstić information content (AvgIpc) is 2.79. The number of hydrogen-bond acceptors (Lipinski definition) is 2. The summed E-state index contributed by atoms with van der Waals surface area (Å²) in [6.45, 7) is 2.84. The number of benzene rings is 1. The molecule has 1 atom stereocenters. The Bertz CT molecular complexity index is 369. The van der Waals surface area contributed by atoms with Gasteiger partial charge in [0.05, 0.1) is 6.61 Å². The van der Waals surface area contributed by atoms with Crippen LogP contribution in [-0.2, 0) is 4.74 Å². The highest BCUT2D eigenvalue weighted by Gasteiger charge is 2.23. The molecule has 4 heteroatoms. The van der Waals surface area contributed by atoms with Gasteiger partial charge >= 0.3 is 0 Å². The number of ether oxygens (including phenoxy) is 1. The number of hydrogen-bond donors (Lipinski definition) is 1. The van der Waals surface area contributed by atoms with E-state index in [1.165, 1.54) is 0 Å². The van der Waals surface area contributed by atoms with Crippen LogP contribution in [0.4, 0.5) is 5.69 Å². The van der Waals surface area contributed by atoms with Gasteiger partial charge in [0.15, 0.2) is 5.11 Å². The zero-order valence-corrected chi connectivity index (χ0v) is 10.9. The third-order valence-corrected chi connectivity index (χ3v) is 3.36. The van der Waals surface area contributed by atoms with E-state index in [1.807, 2.05) is 30.3 Å². The van der Waals surface area contributed by atoms with Crippen molar-refractivity contribution in [3.8, 4) is 0 Å². The van der Waals surface area contributed by atoms with Gasteiger partial charge in [0.25, 0.3) is 0 Å². The number of likely N-dealkylation sites (tertiary alicyclic amines) is 1. The first-order chi connectivity index (χ1) is 8.29. The number of anilines is 1. The molecule has 0 bridgehead atoms. The lowest BCUT2D eigenvalue weighted by Crippen LogP contribution is -2.33. The fraction of sp³-hybridized carbons (Fsp3) is 0.462. The van der Waals surface area contributed by atoms with Crippen LogP contribution in [0.15, 0.2) is 30.3 Å². The van der Waals surface area contributed by atoms with Crippen LogP contribution in [0.3, 0.4) is 0 Å². The van der Waals surface area contributed by atoms with Gasteiger partial charge in [0, 0.05) is 31.8 Å². The van der Waals surface area contributed by atoms with Gasteiger partial charge in [-0.2, -0.15) is 0 Å². The summed E-state index contributed by atoms with van der Waals surface area (Å²) in [5.74, 6) is 0.607. The lowest BCUT2D eigenvalue weighted by Gasteiger charge is -2.20. The monoisotopic (exact) mass is 250 g/mol. The Balaban J connectivity index is 1.85. The standard InChI is InChI=1S/C13H18N2OS/c1-16-10-11-7-8-15(9-11)13(17)14-12-5-3-2-4-6-12/h2-6,11H,7-10H2,1H3,(H,14,17). The molecule has 0 radical (unpaired) electrons. The highest BCUT2D eigenvalue weighted by atomic mass is 32.1. The van der Waals surface area contributed by atoms with Gasteiger partial charge in [0.2, 0.25) is 0 Å². The van der Waals surface area contributed by atoms with Crippen LogP contribution in [0.1, 0.15) is 6.42 Å². The molecule has 1 N–H and O–H groups in total. The van der Waals surface area contributed by atoms with Crippen molar-refractivity contribution in [3.63, 3.8) is 0 Å². The SMILES string of the molecule is COCC1CCN(C(=S)Nc2ccccc2)C1.